The third-order valence-corrected chi connectivity index (χ3v) is 3.12. The summed E-state index contributed by atoms with van der Waals surface area (Å²) < 4.78 is 0. The van der Waals surface area contributed by atoms with Crippen molar-refractivity contribution in [2.24, 2.45) is 5.92 Å². The summed E-state index contributed by atoms with van der Waals surface area (Å²) in [5.41, 5.74) is 0.354. The van der Waals surface area contributed by atoms with Crippen LogP contribution >= 0.6 is 11.6 Å². The Balaban J connectivity index is 2.39. The fourth-order valence-corrected chi connectivity index (χ4v) is 1.79. The van der Waals surface area contributed by atoms with Crippen LogP contribution in [0.3, 0.4) is 0 Å². The predicted molar refractivity (Wildman–Crippen MR) is 78.2 cm³/mol. The number of carbonyl (C=O) groups is 3. The minimum absolute atomic E-state index is 0.0394. The molecular formula is C14H17ClN2O4. The monoisotopic (exact) mass is 312 g/mol. The summed E-state index contributed by atoms with van der Waals surface area (Å²) in [6, 6.07) is 6.35. The lowest BCUT2D eigenvalue weighted by molar-refractivity contribution is -0.141. The van der Waals surface area contributed by atoms with E-state index in [4.69, 9.17) is 16.7 Å². The number of hydrogen-bond donors (Lipinski definition) is 3. The topological polar surface area (TPSA) is 95.5 Å². The average molecular weight is 313 g/mol. The highest BCUT2D eigenvalue weighted by Gasteiger charge is 2.16. The Bertz CT molecular complexity index is 533. The third kappa shape index (κ3) is 5.83. The van der Waals surface area contributed by atoms with Crippen LogP contribution in [-0.2, 0) is 9.59 Å². The van der Waals surface area contributed by atoms with Crippen LogP contribution in [0, 0.1) is 5.92 Å². The van der Waals surface area contributed by atoms with Gasteiger partial charge in [0.05, 0.1) is 12.5 Å². The molecule has 2 amide bonds. The van der Waals surface area contributed by atoms with Crippen molar-refractivity contribution in [3.8, 4) is 0 Å². The number of carboxylic acids is 1. The molecule has 3 N–H and O–H groups in total. The molecule has 0 saturated heterocycles. The molecule has 0 aromatic heterocycles. The Morgan fingerprint density at radius 3 is 2.57 bits per heavy atom. The molecule has 0 saturated carbocycles. The number of aliphatic carboxylic acids is 1. The maximum absolute atomic E-state index is 11.8. The van der Waals surface area contributed by atoms with Gasteiger partial charge in [-0.15, -0.1) is 0 Å². The van der Waals surface area contributed by atoms with Crippen molar-refractivity contribution >= 4 is 29.4 Å². The van der Waals surface area contributed by atoms with Crippen LogP contribution in [0.5, 0.6) is 0 Å². The molecular weight excluding hydrogens is 296 g/mol. The van der Waals surface area contributed by atoms with Crippen LogP contribution in [0.25, 0.3) is 0 Å². The Morgan fingerprint density at radius 2 is 2.00 bits per heavy atom. The Kier molecular flexibility index (Phi) is 6.68. The van der Waals surface area contributed by atoms with Crippen LogP contribution < -0.4 is 10.6 Å². The van der Waals surface area contributed by atoms with Crippen LogP contribution in [0.1, 0.15) is 23.7 Å². The summed E-state index contributed by atoms with van der Waals surface area (Å²) in [6.07, 6.45) is 0.421. The van der Waals surface area contributed by atoms with Crippen LogP contribution in [-0.4, -0.2) is 36.0 Å². The second kappa shape index (κ2) is 8.26. The molecule has 1 unspecified atom stereocenters. The van der Waals surface area contributed by atoms with Gasteiger partial charge >= 0.3 is 5.97 Å². The fraction of sp³-hybridized carbons (Fsp3) is 0.357. The highest BCUT2D eigenvalue weighted by Crippen LogP contribution is 2.10. The van der Waals surface area contributed by atoms with Gasteiger partial charge in [0, 0.05) is 17.1 Å². The van der Waals surface area contributed by atoms with Gasteiger partial charge in [0.25, 0.3) is 5.91 Å². The largest absolute Gasteiger partial charge is 0.481 e. The average Bonchev–Trinajstić information content (AvgIpc) is 2.45. The van der Waals surface area contributed by atoms with E-state index in [0.717, 1.165) is 0 Å². The van der Waals surface area contributed by atoms with E-state index in [0.29, 0.717) is 17.0 Å². The highest BCUT2D eigenvalue weighted by atomic mass is 35.5. The van der Waals surface area contributed by atoms with Gasteiger partial charge in [0.2, 0.25) is 5.91 Å². The molecule has 7 heteroatoms. The molecule has 21 heavy (non-hydrogen) atoms. The first-order valence-electron chi connectivity index (χ1n) is 6.47. The van der Waals surface area contributed by atoms with E-state index in [1.165, 1.54) is 6.07 Å². The third-order valence-electron chi connectivity index (χ3n) is 2.88. The van der Waals surface area contributed by atoms with Crippen LogP contribution in [0.4, 0.5) is 0 Å². The minimum Gasteiger partial charge on any atom is -0.481 e. The lowest BCUT2D eigenvalue weighted by Crippen LogP contribution is -2.40. The van der Waals surface area contributed by atoms with E-state index in [9.17, 15) is 14.4 Å². The number of carbonyl (C=O) groups excluding carboxylic acids is 2. The van der Waals surface area contributed by atoms with E-state index in [-0.39, 0.29) is 13.1 Å². The van der Waals surface area contributed by atoms with Crippen LogP contribution in [0.15, 0.2) is 24.3 Å². The molecule has 0 bridgehead atoms. The van der Waals surface area contributed by atoms with Gasteiger partial charge in [0.15, 0.2) is 0 Å². The van der Waals surface area contributed by atoms with Crippen molar-refractivity contribution in [1.29, 1.82) is 0 Å². The standard InChI is InChI=1S/C14H17ClN2O4/c1-2-9(14(20)21)7-16-12(18)8-17-13(19)10-4-3-5-11(15)6-10/h3-6,9H,2,7-8H2,1H3,(H,16,18)(H,17,19)(H,20,21). The summed E-state index contributed by atoms with van der Waals surface area (Å²) in [4.78, 5) is 34.1. The quantitative estimate of drug-likeness (QED) is 0.707. The van der Waals surface area contributed by atoms with E-state index in [1.54, 1.807) is 25.1 Å². The van der Waals surface area contributed by atoms with Gasteiger partial charge in [-0.3, -0.25) is 14.4 Å². The molecule has 6 nitrogen and oxygen atoms in total. The molecule has 0 aliphatic carbocycles. The molecule has 0 spiro atoms. The van der Waals surface area contributed by atoms with Crippen molar-refractivity contribution in [3.05, 3.63) is 34.9 Å². The van der Waals surface area contributed by atoms with Gasteiger partial charge in [-0.1, -0.05) is 24.6 Å². The lowest BCUT2D eigenvalue weighted by atomic mass is 10.1. The second-order valence-electron chi connectivity index (χ2n) is 4.44. The Morgan fingerprint density at radius 1 is 1.29 bits per heavy atom. The summed E-state index contributed by atoms with van der Waals surface area (Å²) in [5.74, 6) is -2.44. The second-order valence-corrected chi connectivity index (χ2v) is 4.88. The maximum Gasteiger partial charge on any atom is 0.308 e. The first-order valence-corrected chi connectivity index (χ1v) is 6.85. The SMILES string of the molecule is CCC(CNC(=O)CNC(=O)c1cccc(Cl)c1)C(=O)O. The molecule has 1 aromatic carbocycles. The number of carboxylic acid groups (broad SMARTS) is 1. The van der Waals surface area contributed by atoms with Crippen molar-refractivity contribution in [2.45, 2.75) is 13.3 Å². The van der Waals surface area contributed by atoms with Gasteiger partial charge in [-0.25, -0.2) is 0 Å². The number of nitrogens with one attached hydrogen (secondary N) is 2. The van der Waals surface area contributed by atoms with Crippen molar-refractivity contribution in [1.82, 2.24) is 10.6 Å². The van der Waals surface area contributed by atoms with E-state index >= 15 is 0 Å². The Hall–Kier alpha value is -2.08. The molecule has 1 aromatic rings. The van der Waals surface area contributed by atoms with Crippen LogP contribution in [0.2, 0.25) is 5.02 Å². The summed E-state index contributed by atoms with van der Waals surface area (Å²) in [7, 11) is 0. The molecule has 0 heterocycles. The highest BCUT2D eigenvalue weighted by molar-refractivity contribution is 6.30. The van der Waals surface area contributed by atoms with Gasteiger partial charge < -0.3 is 15.7 Å². The zero-order chi connectivity index (χ0) is 15.8. The van der Waals surface area contributed by atoms with E-state index in [2.05, 4.69) is 10.6 Å². The van der Waals surface area contributed by atoms with Crippen molar-refractivity contribution in [2.75, 3.05) is 13.1 Å². The summed E-state index contributed by atoms with van der Waals surface area (Å²) in [6.45, 7) is 1.55. The lowest BCUT2D eigenvalue weighted by Gasteiger charge is -2.11. The molecule has 0 aliphatic rings. The first-order chi connectivity index (χ1) is 9.93. The van der Waals surface area contributed by atoms with Gasteiger partial charge in [0.1, 0.15) is 0 Å². The zero-order valence-corrected chi connectivity index (χ0v) is 12.3. The van der Waals surface area contributed by atoms with Gasteiger partial charge in [-0.05, 0) is 24.6 Å². The number of rotatable bonds is 7. The van der Waals surface area contributed by atoms with Gasteiger partial charge in [-0.2, -0.15) is 0 Å². The normalized spacial score (nSPS) is 11.5. The van der Waals surface area contributed by atoms with E-state index in [1.807, 2.05) is 0 Å². The predicted octanol–water partition coefficient (Wildman–Crippen LogP) is 1.30. The molecule has 114 valence electrons. The molecule has 0 aliphatic heterocycles. The van der Waals surface area contributed by atoms with E-state index < -0.39 is 23.7 Å². The van der Waals surface area contributed by atoms with Crippen molar-refractivity contribution in [3.63, 3.8) is 0 Å². The Labute approximate surface area is 127 Å². The number of halogens is 1. The first kappa shape index (κ1) is 17.0. The molecule has 0 radical (unpaired) electrons. The molecule has 0 fully saturated rings. The zero-order valence-electron chi connectivity index (χ0n) is 11.6. The minimum atomic E-state index is -0.958. The molecule has 1 rings (SSSR count). The summed E-state index contributed by atoms with van der Waals surface area (Å²) >= 11 is 5.77. The fourth-order valence-electron chi connectivity index (χ4n) is 1.60. The van der Waals surface area contributed by atoms with Crippen molar-refractivity contribution < 1.29 is 19.5 Å². The smallest absolute Gasteiger partial charge is 0.308 e. The molecule has 1 atom stereocenters. The summed E-state index contributed by atoms with van der Waals surface area (Å²) in [5, 5.41) is 14.2. The maximum atomic E-state index is 11.8. The number of benzene rings is 1. The number of hydrogen-bond acceptors (Lipinski definition) is 3. The number of amides is 2.